The minimum atomic E-state index is -0.720. The van der Waals surface area contributed by atoms with Crippen LogP contribution in [0.15, 0.2) is 22.7 Å². The van der Waals surface area contributed by atoms with E-state index in [-0.39, 0.29) is 0 Å². The number of benzene rings is 1. The Morgan fingerprint density at radius 3 is 3.18 bits per heavy atom. The van der Waals surface area contributed by atoms with Gasteiger partial charge in [0.15, 0.2) is 0 Å². The number of rotatable bonds is 4. The van der Waals surface area contributed by atoms with Gasteiger partial charge in [-0.25, -0.2) is 4.79 Å². The largest absolute Gasteiger partial charge is 0.448 e. The van der Waals surface area contributed by atoms with Gasteiger partial charge in [0, 0.05) is 17.1 Å². The van der Waals surface area contributed by atoms with Crippen molar-refractivity contribution in [1.29, 1.82) is 0 Å². The van der Waals surface area contributed by atoms with Crippen molar-refractivity contribution < 1.29 is 9.53 Å². The zero-order chi connectivity index (χ0) is 12.3. The van der Waals surface area contributed by atoms with Gasteiger partial charge in [-0.2, -0.15) is 0 Å². The standard InChI is InChI=1S/C12H15BrN2O2/c13-9-2-3-10-8(7-9)1-4-11(10)15-5-6-17-12(14)16/h2-3,7,11,15H,1,4-6H2,(H2,14,16). The van der Waals surface area contributed by atoms with Gasteiger partial charge in [-0.3, -0.25) is 0 Å². The van der Waals surface area contributed by atoms with Crippen LogP contribution < -0.4 is 11.1 Å². The summed E-state index contributed by atoms with van der Waals surface area (Å²) in [6.45, 7) is 0.945. The van der Waals surface area contributed by atoms with E-state index in [1.807, 2.05) is 0 Å². The molecule has 92 valence electrons. The summed E-state index contributed by atoms with van der Waals surface area (Å²) in [4.78, 5) is 10.4. The summed E-state index contributed by atoms with van der Waals surface area (Å²) in [6.07, 6.45) is 1.45. The van der Waals surface area contributed by atoms with Gasteiger partial charge in [-0.15, -0.1) is 0 Å². The van der Waals surface area contributed by atoms with Crippen LogP contribution >= 0.6 is 15.9 Å². The first kappa shape index (κ1) is 12.4. The first-order valence-corrected chi connectivity index (χ1v) is 6.40. The number of carbonyl (C=O) groups excluding carboxylic acids is 1. The number of nitrogens with one attached hydrogen (secondary N) is 1. The van der Waals surface area contributed by atoms with Crippen molar-refractivity contribution in [3.05, 3.63) is 33.8 Å². The molecular formula is C12H15BrN2O2. The Morgan fingerprint density at radius 1 is 1.59 bits per heavy atom. The van der Waals surface area contributed by atoms with Gasteiger partial charge in [-0.1, -0.05) is 22.0 Å². The smallest absolute Gasteiger partial charge is 0.404 e. The molecule has 4 nitrogen and oxygen atoms in total. The number of amides is 1. The highest BCUT2D eigenvalue weighted by Crippen LogP contribution is 2.32. The topological polar surface area (TPSA) is 64.4 Å². The number of carbonyl (C=O) groups is 1. The molecule has 0 aliphatic heterocycles. The first-order valence-electron chi connectivity index (χ1n) is 5.61. The van der Waals surface area contributed by atoms with Crippen LogP contribution in [0.25, 0.3) is 0 Å². The second-order valence-electron chi connectivity index (χ2n) is 4.06. The lowest BCUT2D eigenvalue weighted by Gasteiger charge is -2.13. The van der Waals surface area contributed by atoms with Gasteiger partial charge < -0.3 is 15.8 Å². The van der Waals surface area contributed by atoms with Gasteiger partial charge in [0.05, 0.1) is 0 Å². The first-order chi connectivity index (χ1) is 8.16. The number of aryl methyl sites for hydroxylation is 1. The van der Waals surface area contributed by atoms with E-state index < -0.39 is 6.09 Å². The lowest BCUT2D eigenvalue weighted by molar-refractivity contribution is 0.156. The van der Waals surface area contributed by atoms with Crippen LogP contribution in [-0.4, -0.2) is 19.2 Å². The highest BCUT2D eigenvalue weighted by Gasteiger charge is 2.21. The molecule has 17 heavy (non-hydrogen) atoms. The number of primary amides is 1. The van der Waals surface area contributed by atoms with Crippen molar-refractivity contribution in [2.75, 3.05) is 13.2 Å². The quantitative estimate of drug-likeness (QED) is 0.837. The Balaban J connectivity index is 1.87. The van der Waals surface area contributed by atoms with Crippen molar-refractivity contribution in [3.8, 4) is 0 Å². The fourth-order valence-electron chi connectivity index (χ4n) is 2.18. The van der Waals surface area contributed by atoms with Gasteiger partial charge in [0.2, 0.25) is 0 Å². The molecule has 2 rings (SSSR count). The van der Waals surface area contributed by atoms with E-state index in [4.69, 9.17) is 5.73 Å². The molecule has 3 N–H and O–H groups in total. The third kappa shape index (κ3) is 3.20. The number of fused-ring (bicyclic) bond motifs is 1. The monoisotopic (exact) mass is 298 g/mol. The lowest BCUT2D eigenvalue weighted by atomic mass is 10.1. The number of hydrogen-bond donors (Lipinski definition) is 2. The van der Waals surface area contributed by atoms with Crippen LogP contribution in [0, 0.1) is 0 Å². The van der Waals surface area contributed by atoms with Gasteiger partial charge in [0.1, 0.15) is 6.61 Å². The third-order valence-corrected chi connectivity index (χ3v) is 3.41. The molecule has 1 aliphatic rings. The zero-order valence-corrected chi connectivity index (χ0v) is 11.0. The molecule has 1 aromatic rings. The van der Waals surface area contributed by atoms with Crippen LogP contribution in [-0.2, 0) is 11.2 Å². The van der Waals surface area contributed by atoms with Crippen molar-refractivity contribution in [1.82, 2.24) is 5.32 Å². The molecular weight excluding hydrogens is 284 g/mol. The molecule has 1 aliphatic carbocycles. The summed E-state index contributed by atoms with van der Waals surface area (Å²) in [5, 5.41) is 3.36. The van der Waals surface area contributed by atoms with Crippen LogP contribution in [0.5, 0.6) is 0 Å². The van der Waals surface area contributed by atoms with Crippen molar-refractivity contribution >= 4 is 22.0 Å². The normalized spacial score (nSPS) is 17.8. The third-order valence-electron chi connectivity index (χ3n) is 2.92. The molecule has 0 aromatic heterocycles. The van der Waals surface area contributed by atoms with Gasteiger partial charge in [-0.05, 0) is 36.1 Å². The molecule has 0 saturated heterocycles. The van der Waals surface area contributed by atoms with E-state index in [2.05, 4.69) is 44.2 Å². The molecule has 0 heterocycles. The van der Waals surface area contributed by atoms with Crippen molar-refractivity contribution in [2.45, 2.75) is 18.9 Å². The molecule has 1 amide bonds. The maximum atomic E-state index is 10.4. The Morgan fingerprint density at radius 2 is 2.41 bits per heavy atom. The van der Waals surface area contributed by atoms with E-state index >= 15 is 0 Å². The van der Waals surface area contributed by atoms with Crippen molar-refractivity contribution in [2.24, 2.45) is 5.73 Å². The number of nitrogens with two attached hydrogens (primary N) is 1. The Hall–Kier alpha value is -1.07. The van der Waals surface area contributed by atoms with Gasteiger partial charge >= 0.3 is 6.09 Å². The Labute approximate surface area is 109 Å². The Bertz CT molecular complexity index is 423. The van der Waals surface area contributed by atoms with Crippen LogP contribution in [0.4, 0.5) is 4.79 Å². The molecule has 0 saturated carbocycles. The summed E-state index contributed by atoms with van der Waals surface area (Å²) < 4.78 is 5.80. The van der Waals surface area contributed by atoms with E-state index in [1.165, 1.54) is 11.1 Å². The second-order valence-corrected chi connectivity index (χ2v) is 4.97. The fraction of sp³-hybridized carbons (Fsp3) is 0.417. The summed E-state index contributed by atoms with van der Waals surface area (Å²) in [5.74, 6) is 0. The predicted octanol–water partition coefficient (Wildman–Crippen LogP) is 2.12. The lowest BCUT2D eigenvalue weighted by Crippen LogP contribution is -2.26. The van der Waals surface area contributed by atoms with E-state index in [9.17, 15) is 4.79 Å². The molecule has 0 bridgehead atoms. The van der Waals surface area contributed by atoms with Crippen molar-refractivity contribution in [3.63, 3.8) is 0 Å². The molecule has 0 radical (unpaired) electrons. The zero-order valence-electron chi connectivity index (χ0n) is 9.41. The van der Waals surface area contributed by atoms with Crippen LogP contribution in [0.1, 0.15) is 23.6 Å². The summed E-state index contributed by atoms with van der Waals surface area (Å²) in [6, 6.07) is 6.71. The van der Waals surface area contributed by atoms with Gasteiger partial charge in [0.25, 0.3) is 0 Å². The molecule has 0 fully saturated rings. The average molecular weight is 299 g/mol. The maximum absolute atomic E-state index is 10.4. The Kier molecular flexibility index (Phi) is 4.02. The number of halogens is 1. The van der Waals surface area contributed by atoms with E-state index in [1.54, 1.807) is 0 Å². The molecule has 0 spiro atoms. The number of ether oxygens (including phenoxy) is 1. The van der Waals surface area contributed by atoms with E-state index in [0.717, 1.165) is 17.3 Å². The number of hydrogen-bond acceptors (Lipinski definition) is 3. The van der Waals surface area contributed by atoms with Crippen LogP contribution in [0.3, 0.4) is 0 Å². The average Bonchev–Trinajstić information content (AvgIpc) is 2.66. The minimum Gasteiger partial charge on any atom is -0.448 e. The highest BCUT2D eigenvalue weighted by atomic mass is 79.9. The summed E-state index contributed by atoms with van der Waals surface area (Å²) in [5.41, 5.74) is 7.61. The summed E-state index contributed by atoms with van der Waals surface area (Å²) in [7, 11) is 0. The molecule has 1 aromatic carbocycles. The summed E-state index contributed by atoms with van der Waals surface area (Å²) >= 11 is 3.47. The van der Waals surface area contributed by atoms with E-state index in [0.29, 0.717) is 19.2 Å². The molecule has 5 heteroatoms. The minimum absolute atomic E-state index is 0.317. The predicted molar refractivity (Wildman–Crippen MR) is 68.7 cm³/mol. The molecule has 1 atom stereocenters. The highest BCUT2D eigenvalue weighted by molar-refractivity contribution is 9.10. The van der Waals surface area contributed by atoms with Crippen LogP contribution in [0.2, 0.25) is 0 Å². The second kappa shape index (κ2) is 5.51. The molecule has 1 unspecified atom stereocenters. The SMILES string of the molecule is NC(=O)OCCNC1CCc2cc(Br)ccc21. The fourth-order valence-corrected chi connectivity index (χ4v) is 2.59. The maximum Gasteiger partial charge on any atom is 0.404 e.